The Bertz CT molecular complexity index is 827. The van der Waals surface area contributed by atoms with Crippen LogP contribution in [0.5, 0.6) is 11.5 Å². The van der Waals surface area contributed by atoms with Crippen molar-refractivity contribution in [2.75, 3.05) is 6.79 Å². The van der Waals surface area contributed by atoms with Crippen LogP contribution in [0.2, 0.25) is 0 Å². The number of carbonyl (C=O) groups is 1. The lowest BCUT2D eigenvalue weighted by Crippen LogP contribution is -2.22. The van der Waals surface area contributed by atoms with Gasteiger partial charge in [-0.25, -0.2) is 17.9 Å². The van der Waals surface area contributed by atoms with Crippen molar-refractivity contribution >= 4 is 27.3 Å². The molecule has 116 valence electrons. The summed E-state index contributed by atoms with van der Waals surface area (Å²) in [6.45, 7) is 0.219. The summed E-state index contributed by atoms with van der Waals surface area (Å²) in [5.41, 5.74) is 0.663. The van der Waals surface area contributed by atoms with Gasteiger partial charge in [-0.1, -0.05) is 6.07 Å². The Labute approximate surface area is 130 Å². The van der Waals surface area contributed by atoms with Gasteiger partial charge in [-0.15, -0.1) is 11.3 Å². The zero-order chi connectivity index (χ0) is 15.7. The molecule has 0 saturated heterocycles. The molecule has 0 radical (unpaired) electrons. The van der Waals surface area contributed by atoms with Crippen LogP contribution >= 0.6 is 11.3 Å². The van der Waals surface area contributed by atoms with E-state index in [0.717, 1.165) is 17.4 Å². The number of thiophene rings is 1. The Balaban J connectivity index is 1.73. The largest absolute Gasteiger partial charge is 0.478 e. The lowest BCUT2D eigenvalue weighted by Gasteiger charge is -2.05. The van der Waals surface area contributed by atoms with E-state index in [2.05, 4.69) is 4.72 Å². The Morgan fingerprint density at radius 2 is 2.05 bits per heavy atom. The van der Waals surface area contributed by atoms with Crippen LogP contribution in [0.1, 0.15) is 15.9 Å². The smallest absolute Gasteiger partial charge is 0.336 e. The molecular formula is C13H11NO6S2. The zero-order valence-corrected chi connectivity index (χ0v) is 12.7. The number of carboxylic acids is 1. The molecule has 2 N–H and O–H groups in total. The number of fused-ring (bicyclic) bond motifs is 1. The van der Waals surface area contributed by atoms with Gasteiger partial charge < -0.3 is 14.6 Å². The van der Waals surface area contributed by atoms with Crippen LogP contribution in [-0.4, -0.2) is 26.3 Å². The van der Waals surface area contributed by atoms with E-state index < -0.39 is 16.0 Å². The number of hydrogen-bond donors (Lipinski definition) is 2. The van der Waals surface area contributed by atoms with E-state index in [1.54, 1.807) is 18.2 Å². The molecule has 3 rings (SSSR count). The fourth-order valence-electron chi connectivity index (χ4n) is 1.87. The van der Waals surface area contributed by atoms with Crippen molar-refractivity contribution in [1.82, 2.24) is 4.72 Å². The molecule has 2 aromatic rings. The van der Waals surface area contributed by atoms with Crippen molar-refractivity contribution in [1.29, 1.82) is 0 Å². The number of sulfonamides is 1. The summed E-state index contributed by atoms with van der Waals surface area (Å²) in [5, 5.41) is 10.1. The predicted molar refractivity (Wildman–Crippen MR) is 77.9 cm³/mol. The van der Waals surface area contributed by atoms with Gasteiger partial charge in [0.15, 0.2) is 11.5 Å². The van der Waals surface area contributed by atoms with E-state index in [1.807, 2.05) is 0 Å². The standard InChI is InChI=1S/C13H11NO6S2/c15-13(16)9-4-12(21-6-9)22(17,18)14-5-8-1-2-10-11(3-8)20-7-19-10/h1-4,6,14H,5,7H2,(H,15,16). The third kappa shape index (κ3) is 2.91. The third-order valence-corrected chi connectivity index (χ3v) is 5.83. The van der Waals surface area contributed by atoms with E-state index in [4.69, 9.17) is 14.6 Å². The maximum absolute atomic E-state index is 12.1. The van der Waals surface area contributed by atoms with Crippen molar-refractivity contribution in [3.8, 4) is 11.5 Å². The highest BCUT2D eigenvalue weighted by Crippen LogP contribution is 2.32. The summed E-state index contributed by atoms with van der Waals surface area (Å²) in [6, 6.07) is 6.27. The molecule has 0 spiro atoms. The minimum atomic E-state index is -3.75. The van der Waals surface area contributed by atoms with E-state index in [1.165, 1.54) is 5.38 Å². The lowest BCUT2D eigenvalue weighted by atomic mass is 10.2. The number of carboxylic acid groups (broad SMARTS) is 1. The van der Waals surface area contributed by atoms with Gasteiger partial charge in [0.05, 0.1) is 5.56 Å². The Hall–Kier alpha value is -2.10. The van der Waals surface area contributed by atoms with E-state index in [9.17, 15) is 13.2 Å². The molecule has 1 aromatic heterocycles. The zero-order valence-electron chi connectivity index (χ0n) is 11.1. The molecule has 0 amide bonds. The Morgan fingerprint density at radius 1 is 1.27 bits per heavy atom. The number of rotatable bonds is 5. The van der Waals surface area contributed by atoms with E-state index in [-0.39, 0.29) is 23.1 Å². The second kappa shape index (κ2) is 5.59. The molecule has 0 bridgehead atoms. The van der Waals surface area contributed by atoms with Crippen LogP contribution in [0.4, 0.5) is 0 Å². The Morgan fingerprint density at radius 3 is 2.77 bits per heavy atom. The van der Waals surface area contributed by atoms with Crippen LogP contribution in [0, 0.1) is 0 Å². The van der Waals surface area contributed by atoms with Crippen molar-refractivity contribution < 1.29 is 27.8 Å². The highest BCUT2D eigenvalue weighted by Gasteiger charge is 2.19. The van der Waals surface area contributed by atoms with Crippen molar-refractivity contribution in [2.45, 2.75) is 10.8 Å². The number of aromatic carboxylic acids is 1. The van der Waals surface area contributed by atoms with Gasteiger partial charge in [0.1, 0.15) is 4.21 Å². The number of hydrogen-bond acceptors (Lipinski definition) is 6. The molecule has 7 nitrogen and oxygen atoms in total. The monoisotopic (exact) mass is 341 g/mol. The van der Waals surface area contributed by atoms with Crippen LogP contribution in [0.15, 0.2) is 33.9 Å². The molecule has 2 heterocycles. The first-order valence-corrected chi connectivity index (χ1v) is 8.52. The molecule has 1 aliphatic heterocycles. The summed E-state index contributed by atoms with van der Waals surface area (Å²) in [5.74, 6) is 0.0328. The van der Waals surface area contributed by atoms with E-state index >= 15 is 0 Å². The fourth-order valence-corrected chi connectivity index (χ4v) is 4.09. The van der Waals surface area contributed by atoms with Crippen LogP contribution in [0.3, 0.4) is 0 Å². The van der Waals surface area contributed by atoms with Gasteiger partial charge in [-0.05, 0) is 23.8 Å². The SMILES string of the molecule is O=C(O)c1csc(S(=O)(=O)NCc2ccc3c(c2)OCO3)c1. The molecule has 0 atom stereocenters. The molecular weight excluding hydrogens is 330 g/mol. The Kier molecular flexibility index (Phi) is 3.77. The van der Waals surface area contributed by atoms with Crippen molar-refractivity contribution in [2.24, 2.45) is 0 Å². The molecule has 0 aliphatic carbocycles. The first kappa shape index (κ1) is 14.8. The molecule has 0 unspecified atom stereocenters. The van der Waals surface area contributed by atoms with Gasteiger partial charge in [0.2, 0.25) is 16.8 Å². The number of nitrogens with one attached hydrogen (secondary N) is 1. The summed E-state index contributed by atoms with van der Waals surface area (Å²) in [4.78, 5) is 10.8. The number of ether oxygens (including phenoxy) is 2. The fraction of sp³-hybridized carbons (Fsp3) is 0.154. The van der Waals surface area contributed by atoms with E-state index in [0.29, 0.717) is 17.1 Å². The van der Waals surface area contributed by atoms with Crippen LogP contribution in [-0.2, 0) is 16.6 Å². The average molecular weight is 341 g/mol. The quantitative estimate of drug-likeness (QED) is 0.857. The summed E-state index contributed by atoms with van der Waals surface area (Å²) >= 11 is 0.864. The highest BCUT2D eigenvalue weighted by molar-refractivity contribution is 7.91. The van der Waals surface area contributed by atoms with Gasteiger partial charge in [0, 0.05) is 11.9 Å². The summed E-state index contributed by atoms with van der Waals surface area (Å²) in [6.07, 6.45) is 0. The maximum atomic E-state index is 12.1. The molecule has 22 heavy (non-hydrogen) atoms. The molecule has 0 fully saturated rings. The van der Waals surface area contributed by atoms with Gasteiger partial charge in [-0.2, -0.15) is 0 Å². The second-order valence-electron chi connectivity index (χ2n) is 4.47. The van der Waals surface area contributed by atoms with Gasteiger partial charge in [-0.3, -0.25) is 0 Å². The minimum Gasteiger partial charge on any atom is -0.478 e. The highest BCUT2D eigenvalue weighted by atomic mass is 32.2. The first-order valence-electron chi connectivity index (χ1n) is 6.16. The number of benzene rings is 1. The summed E-state index contributed by atoms with van der Waals surface area (Å²) < 4.78 is 37.0. The first-order chi connectivity index (χ1) is 10.5. The van der Waals surface area contributed by atoms with Gasteiger partial charge in [0.25, 0.3) is 0 Å². The second-order valence-corrected chi connectivity index (χ2v) is 7.38. The lowest BCUT2D eigenvalue weighted by molar-refractivity contribution is 0.0697. The molecule has 1 aromatic carbocycles. The molecule has 0 saturated carbocycles. The van der Waals surface area contributed by atoms with Crippen molar-refractivity contribution in [3.63, 3.8) is 0 Å². The average Bonchev–Trinajstić information content (AvgIpc) is 3.13. The van der Waals surface area contributed by atoms with Crippen LogP contribution in [0.25, 0.3) is 0 Å². The normalized spacial score (nSPS) is 13.3. The molecule has 9 heteroatoms. The minimum absolute atomic E-state index is 0.0364. The summed E-state index contributed by atoms with van der Waals surface area (Å²) in [7, 11) is -3.75. The molecule has 1 aliphatic rings. The third-order valence-electron chi connectivity index (χ3n) is 2.99. The van der Waals surface area contributed by atoms with Crippen LogP contribution < -0.4 is 14.2 Å². The maximum Gasteiger partial charge on any atom is 0.336 e. The van der Waals surface area contributed by atoms with Crippen molar-refractivity contribution in [3.05, 3.63) is 40.8 Å². The predicted octanol–water partition coefficient (Wildman–Crippen LogP) is 1.65. The van der Waals surface area contributed by atoms with Gasteiger partial charge >= 0.3 is 5.97 Å². The topological polar surface area (TPSA) is 102 Å².